The Bertz CT molecular complexity index is 465. The number of aromatic nitrogens is 1. The quantitative estimate of drug-likeness (QED) is 0.828. The van der Waals surface area contributed by atoms with E-state index in [2.05, 4.69) is 18.0 Å². The summed E-state index contributed by atoms with van der Waals surface area (Å²) in [6, 6.07) is 9.97. The van der Waals surface area contributed by atoms with Crippen molar-refractivity contribution >= 4 is 10.9 Å². The summed E-state index contributed by atoms with van der Waals surface area (Å²) < 4.78 is 0. The maximum absolute atomic E-state index is 9.18. The Labute approximate surface area is 89.6 Å². The number of hydrogen-bond acceptors (Lipinski definition) is 2. The van der Waals surface area contributed by atoms with Crippen LogP contribution in [0.15, 0.2) is 30.3 Å². The van der Waals surface area contributed by atoms with E-state index in [1.807, 2.05) is 24.3 Å². The number of benzene rings is 1. The van der Waals surface area contributed by atoms with Crippen molar-refractivity contribution in [2.45, 2.75) is 26.4 Å². The molecule has 0 aliphatic heterocycles. The molecule has 2 heteroatoms. The smallest absolute Gasteiger partial charge is 0.0708 e. The molecule has 0 radical (unpaired) electrons. The highest BCUT2D eigenvalue weighted by Gasteiger charge is 2.01. The van der Waals surface area contributed by atoms with Gasteiger partial charge in [0.1, 0.15) is 0 Å². The maximum atomic E-state index is 9.18. The zero-order valence-corrected chi connectivity index (χ0v) is 8.90. The molecule has 2 nitrogen and oxygen atoms in total. The Morgan fingerprint density at radius 3 is 2.80 bits per heavy atom. The second-order valence-electron chi connectivity index (χ2n) is 3.69. The highest BCUT2D eigenvalue weighted by Crippen LogP contribution is 2.18. The summed E-state index contributed by atoms with van der Waals surface area (Å²) in [5.74, 6) is 0. The van der Waals surface area contributed by atoms with Crippen LogP contribution in [0.4, 0.5) is 0 Å². The zero-order chi connectivity index (χ0) is 10.7. The van der Waals surface area contributed by atoms with Gasteiger partial charge in [0, 0.05) is 11.1 Å². The molecule has 0 aliphatic carbocycles. The first-order valence-electron chi connectivity index (χ1n) is 5.33. The summed E-state index contributed by atoms with van der Waals surface area (Å²) in [7, 11) is 0. The van der Waals surface area contributed by atoms with Crippen LogP contribution in [0, 0.1) is 0 Å². The van der Waals surface area contributed by atoms with Crippen molar-refractivity contribution in [2.24, 2.45) is 0 Å². The van der Waals surface area contributed by atoms with Crippen molar-refractivity contribution < 1.29 is 5.11 Å². The predicted molar refractivity (Wildman–Crippen MR) is 61.7 cm³/mol. The molecule has 1 aromatic heterocycles. The van der Waals surface area contributed by atoms with Crippen LogP contribution >= 0.6 is 0 Å². The standard InChI is InChI=1S/C13H15NO/c1-2-4-11-7-8-12-10(9-15)5-3-6-13(12)14-11/h3,5-8,15H,2,4,9H2,1H3. The van der Waals surface area contributed by atoms with Crippen LogP contribution < -0.4 is 0 Å². The van der Waals surface area contributed by atoms with Crippen molar-refractivity contribution in [2.75, 3.05) is 0 Å². The molecule has 0 unspecified atom stereocenters. The van der Waals surface area contributed by atoms with Crippen LogP contribution in [0.1, 0.15) is 24.6 Å². The first kappa shape index (κ1) is 10.1. The molecular formula is C13H15NO. The Balaban J connectivity index is 2.53. The average molecular weight is 201 g/mol. The Morgan fingerprint density at radius 1 is 1.20 bits per heavy atom. The summed E-state index contributed by atoms with van der Waals surface area (Å²) in [6.07, 6.45) is 2.12. The lowest BCUT2D eigenvalue weighted by Crippen LogP contribution is -1.92. The van der Waals surface area contributed by atoms with Crippen molar-refractivity contribution in [1.82, 2.24) is 4.98 Å². The minimum absolute atomic E-state index is 0.0755. The van der Waals surface area contributed by atoms with Gasteiger partial charge in [-0.1, -0.05) is 31.5 Å². The molecule has 1 heterocycles. The molecule has 0 amide bonds. The Kier molecular flexibility index (Phi) is 2.97. The normalized spacial score (nSPS) is 10.8. The Hall–Kier alpha value is -1.41. The number of pyridine rings is 1. The van der Waals surface area contributed by atoms with E-state index < -0.39 is 0 Å². The van der Waals surface area contributed by atoms with Crippen molar-refractivity contribution in [3.8, 4) is 0 Å². The molecule has 0 bridgehead atoms. The number of aliphatic hydroxyl groups excluding tert-OH is 1. The van der Waals surface area contributed by atoms with Crippen LogP contribution in [0.2, 0.25) is 0 Å². The summed E-state index contributed by atoms with van der Waals surface area (Å²) in [5.41, 5.74) is 3.05. The van der Waals surface area contributed by atoms with Crippen LogP contribution in [-0.4, -0.2) is 10.1 Å². The fourth-order valence-electron chi connectivity index (χ4n) is 1.79. The van der Waals surface area contributed by atoms with Crippen LogP contribution in [0.25, 0.3) is 10.9 Å². The van der Waals surface area contributed by atoms with Gasteiger partial charge in [-0.25, -0.2) is 0 Å². The molecule has 0 saturated heterocycles. The van der Waals surface area contributed by atoms with E-state index in [0.29, 0.717) is 0 Å². The van der Waals surface area contributed by atoms with Gasteiger partial charge < -0.3 is 5.11 Å². The number of aliphatic hydroxyl groups is 1. The van der Waals surface area contributed by atoms with E-state index in [1.54, 1.807) is 0 Å². The van der Waals surface area contributed by atoms with Crippen LogP contribution in [0.3, 0.4) is 0 Å². The zero-order valence-electron chi connectivity index (χ0n) is 8.90. The highest BCUT2D eigenvalue weighted by molar-refractivity contribution is 5.82. The molecule has 78 valence electrons. The van der Waals surface area contributed by atoms with Gasteiger partial charge in [0.2, 0.25) is 0 Å². The summed E-state index contributed by atoms with van der Waals surface area (Å²) in [5, 5.41) is 10.2. The monoisotopic (exact) mass is 201 g/mol. The first-order valence-corrected chi connectivity index (χ1v) is 5.33. The second kappa shape index (κ2) is 4.41. The van der Waals surface area contributed by atoms with Gasteiger partial charge in [0.15, 0.2) is 0 Å². The lowest BCUT2D eigenvalue weighted by molar-refractivity contribution is 0.283. The maximum Gasteiger partial charge on any atom is 0.0708 e. The molecule has 1 N–H and O–H groups in total. The van der Waals surface area contributed by atoms with Gasteiger partial charge in [-0.05, 0) is 24.1 Å². The largest absolute Gasteiger partial charge is 0.392 e. The minimum atomic E-state index is 0.0755. The molecule has 1 aromatic carbocycles. The molecule has 2 rings (SSSR count). The number of rotatable bonds is 3. The van der Waals surface area contributed by atoms with E-state index >= 15 is 0 Å². The number of aryl methyl sites for hydroxylation is 1. The molecule has 0 saturated carbocycles. The number of hydrogen-bond donors (Lipinski definition) is 1. The lowest BCUT2D eigenvalue weighted by atomic mass is 10.1. The molecule has 15 heavy (non-hydrogen) atoms. The fraction of sp³-hybridized carbons (Fsp3) is 0.308. The van der Waals surface area contributed by atoms with Crippen molar-refractivity contribution in [3.63, 3.8) is 0 Å². The van der Waals surface area contributed by atoms with Crippen molar-refractivity contribution in [3.05, 3.63) is 41.6 Å². The highest BCUT2D eigenvalue weighted by atomic mass is 16.3. The van der Waals surface area contributed by atoms with Gasteiger partial charge in [-0.3, -0.25) is 4.98 Å². The van der Waals surface area contributed by atoms with Crippen molar-refractivity contribution in [1.29, 1.82) is 0 Å². The van der Waals surface area contributed by atoms with E-state index in [4.69, 9.17) is 0 Å². The topological polar surface area (TPSA) is 33.1 Å². The lowest BCUT2D eigenvalue weighted by Gasteiger charge is -2.05. The number of fused-ring (bicyclic) bond motifs is 1. The van der Waals surface area contributed by atoms with E-state index in [9.17, 15) is 5.11 Å². The van der Waals surface area contributed by atoms with Gasteiger partial charge >= 0.3 is 0 Å². The van der Waals surface area contributed by atoms with Gasteiger partial charge in [-0.2, -0.15) is 0 Å². The van der Waals surface area contributed by atoms with Crippen LogP contribution in [-0.2, 0) is 13.0 Å². The molecule has 0 spiro atoms. The predicted octanol–water partition coefficient (Wildman–Crippen LogP) is 2.68. The van der Waals surface area contributed by atoms with Gasteiger partial charge in [0.05, 0.1) is 12.1 Å². The van der Waals surface area contributed by atoms with Crippen LogP contribution in [0.5, 0.6) is 0 Å². The molecule has 0 aliphatic rings. The van der Waals surface area contributed by atoms with Gasteiger partial charge in [0.25, 0.3) is 0 Å². The second-order valence-corrected chi connectivity index (χ2v) is 3.69. The van der Waals surface area contributed by atoms with E-state index in [1.165, 1.54) is 0 Å². The number of nitrogens with zero attached hydrogens (tertiary/aromatic N) is 1. The Morgan fingerprint density at radius 2 is 2.07 bits per heavy atom. The van der Waals surface area contributed by atoms with Gasteiger partial charge in [-0.15, -0.1) is 0 Å². The van der Waals surface area contributed by atoms with E-state index in [-0.39, 0.29) is 6.61 Å². The SMILES string of the molecule is CCCc1ccc2c(CO)cccc2n1. The van der Waals surface area contributed by atoms with E-state index in [0.717, 1.165) is 35.0 Å². The summed E-state index contributed by atoms with van der Waals surface area (Å²) in [4.78, 5) is 4.56. The third kappa shape index (κ3) is 2.00. The molecule has 0 fully saturated rings. The molecular weight excluding hydrogens is 186 g/mol. The third-order valence-corrected chi connectivity index (χ3v) is 2.56. The molecule has 0 atom stereocenters. The summed E-state index contributed by atoms with van der Waals surface area (Å²) >= 11 is 0. The molecule has 2 aromatic rings. The minimum Gasteiger partial charge on any atom is -0.392 e. The summed E-state index contributed by atoms with van der Waals surface area (Å²) in [6.45, 7) is 2.22. The average Bonchev–Trinajstić information content (AvgIpc) is 2.28. The first-order chi connectivity index (χ1) is 7.35. The fourth-order valence-corrected chi connectivity index (χ4v) is 1.79. The third-order valence-electron chi connectivity index (χ3n) is 2.56.